The number of rotatable bonds is 5. The highest BCUT2D eigenvalue weighted by Gasteiger charge is 2.22. The van der Waals surface area contributed by atoms with E-state index in [-0.39, 0.29) is 5.82 Å². The van der Waals surface area contributed by atoms with Crippen molar-refractivity contribution in [3.63, 3.8) is 0 Å². The molecule has 1 aromatic carbocycles. The Labute approximate surface area is 121 Å². The lowest BCUT2D eigenvalue weighted by molar-refractivity contribution is 0.252. The van der Waals surface area contributed by atoms with Crippen LogP contribution in [0.3, 0.4) is 0 Å². The molecule has 112 valence electrons. The summed E-state index contributed by atoms with van der Waals surface area (Å²) in [6, 6.07) is 5.88. The van der Waals surface area contributed by atoms with E-state index in [2.05, 4.69) is 29.1 Å². The number of piperidine rings is 1. The van der Waals surface area contributed by atoms with Crippen molar-refractivity contribution in [3.8, 4) is 0 Å². The van der Waals surface area contributed by atoms with Crippen LogP contribution in [0, 0.1) is 5.82 Å². The molecule has 0 radical (unpaired) electrons. The smallest absolute Gasteiger partial charge is 0.146 e. The van der Waals surface area contributed by atoms with Crippen LogP contribution in [0.5, 0.6) is 0 Å². The Bertz CT molecular complexity index is 428. The summed E-state index contributed by atoms with van der Waals surface area (Å²) >= 11 is 0. The Hall–Kier alpha value is -1.13. The highest BCUT2D eigenvalue weighted by atomic mass is 19.1. The Balaban J connectivity index is 2.09. The first kappa shape index (κ1) is 15.3. The molecule has 4 heteroatoms. The Morgan fingerprint density at radius 2 is 2.05 bits per heavy atom. The zero-order valence-electron chi connectivity index (χ0n) is 12.8. The number of nitrogens with zero attached hydrogens (tertiary/aromatic N) is 2. The van der Waals surface area contributed by atoms with Gasteiger partial charge in [0.2, 0.25) is 0 Å². The fourth-order valence-corrected chi connectivity index (χ4v) is 2.79. The average molecular weight is 279 g/mol. The Morgan fingerprint density at radius 3 is 2.70 bits per heavy atom. The Kier molecular flexibility index (Phi) is 5.38. The van der Waals surface area contributed by atoms with Crippen LogP contribution in [0.15, 0.2) is 18.2 Å². The molecule has 1 aromatic rings. The quantitative estimate of drug-likeness (QED) is 0.893. The maximum Gasteiger partial charge on any atom is 0.146 e. The predicted molar refractivity (Wildman–Crippen MR) is 82.7 cm³/mol. The van der Waals surface area contributed by atoms with Crippen molar-refractivity contribution in [3.05, 3.63) is 29.6 Å². The van der Waals surface area contributed by atoms with E-state index in [0.717, 1.165) is 50.3 Å². The lowest BCUT2D eigenvalue weighted by Crippen LogP contribution is -2.42. The van der Waals surface area contributed by atoms with Crippen LogP contribution in [-0.2, 0) is 6.54 Å². The summed E-state index contributed by atoms with van der Waals surface area (Å²) in [4.78, 5) is 4.46. The summed E-state index contributed by atoms with van der Waals surface area (Å²) < 4.78 is 14.1. The van der Waals surface area contributed by atoms with Crippen molar-refractivity contribution in [2.75, 3.05) is 38.6 Å². The highest BCUT2D eigenvalue weighted by Crippen LogP contribution is 2.25. The van der Waals surface area contributed by atoms with Crippen LogP contribution in [0.2, 0.25) is 0 Å². The van der Waals surface area contributed by atoms with Crippen LogP contribution in [0.4, 0.5) is 10.1 Å². The molecule has 2 rings (SSSR count). The van der Waals surface area contributed by atoms with E-state index < -0.39 is 0 Å². The lowest BCUT2D eigenvalue weighted by Gasteiger charge is -2.36. The van der Waals surface area contributed by atoms with Gasteiger partial charge < -0.3 is 15.1 Å². The van der Waals surface area contributed by atoms with Gasteiger partial charge in [-0.1, -0.05) is 13.0 Å². The third kappa shape index (κ3) is 3.70. The van der Waals surface area contributed by atoms with Gasteiger partial charge in [-0.15, -0.1) is 0 Å². The summed E-state index contributed by atoms with van der Waals surface area (Å²) in [6.45, 7) is 5.99. The second-order valence-corrected chi connectivity index (χ2v) is 5.71. The van der Waals surface area contributed by atoms with Gasteiger partial charge in [-0.25, -0.2) is 4.39 Å². The number of halogens is 1. The van der Waals surface area contributed by atoms with E-state index in [1.807, 2.05) is 19.2 Å². The summed E-state index contributed by atoms with van der Waals surface area (Å²) in [5.74, 6) is -0.119. The van der Waals surface area contributed by atoms with Gasteiger partial charge in [0.25, 0.3) is 0 Å². The predicted octanol–water partition coefficient (Wildman–Crippen LogP) is 2.47. The number of likely N-dealkylation sites (tertiary alicyclic amines) is 1. The van der Waals surface area contributed by atoms with Gasteiger partial charge in [0.15, 0.2) is 0 Å². The van der Waals surface area contributed by atoms with Gasteiger partial charge in [0.1, 0.15) is 5.82 Å². The molecule has 1 aliphatic rings. The molecular formula is C16H26FN3. The molecule has 1 aliphatic heterocycles. The minimum absolute atomic E-state index is 0.119. The van der Waals surface area contributed by atoms with Crippen molar-refractivity contribution >= 4 is 5.69 Å². The van der Waals surface area contributed by atoms with Gasteiger partial charge in [-0.05, 0) is 57.2 Å². The summed E-state index contributed by atoms with van der Waals surface area (Å²) in [5.41, 5.74) is 1.87. The second-order valence-electron chi connectivity index (χ2n) is 5.71. The number of benzene rings is 1. The molecule has 0 amide bonds. The van der Waals surface area contributed by atoms with E-state index in [1.54, 1.807) is 6.07 Å². The molecule has 0 spiro atoms. The molecule has 3 nitrogen and oxygen atoms in total. The van der Waals surface area contributed by atoms with Crippen molar-refractivity contribution in [1.29, 1.82) is 0 Å². The number of hydrogen-bond acceptors (Lipinski definition) is 3. The maximum absolute atomic E-state index is 14.1. The fourth-order valence-electron chi connectivity index (χ4n) is 2.79. The minimum atomic E-state index is -0.119. The number of nitrogens with one attached hydrogen (secondary N) is 1. The van der Waals surface area contributed by atoms with E-state index in [9.17, 15) is 4.39 Å². The minimum Gasteiger partial charge on any atom is -0.369 e. The topological polar surface area (TPSA) is 18.5 Å². The zero-order chi connectivity index (χ0) is 14.5. The van der Waals surface area contributed by atoms with E-state index in [4.69, 9.17) is 0 Å². The van der Waals surface area contributed by atoms with Gasteiger partial charge in [-0.2, -0.15) is 0 Å². The molecule has 0 unspecified atom stereocenters. The molecule has 0 bridgehead atoms. The molecule has 20 heavy (non-hydrogen) atoms. The Morgan fingerprint density at radius 1 is 1.35 bits per heavy atom. The van der Waals surface area contributed by atoms with Crippen LogP contribution < -0.4 is 10.2 Å². The SMILES string of the molecule is CCNCc1ccc(F)c(N(C)C2CCN(C)CC2)c1. The van der Waals surface area contributed by atoms with Gasteiger partial charge in [0, 0.05) is 19.6 Å². The van der Waals surface area contributed by atoms with E-state index in [0.29, 0.717) is 6.04 Å². The molecule has 0 aliphatic carbocycles. The first-order valence-electron chi connectivity index (χ1n) is 7.52. The van der Waals surface area contributed by atoms with Gasteiger partial charge in [0.05, 0.1) is 5.69 Å². The van der Waals surface area contributed by atoms with Crippen molar-refractivity contribution in [2.24, 2.45) is 0 Å². The van der Waals surface area contributed by atoms with Crippen molar-refractivity contribution < 1.29 is 4.39 Å². The zero-order valence-corrected chi connectivity index (χ0v) is 12.8. The largest absolute Gasteiger partial charge is 0.369 e. The lowest BCUT2D eigenvalue weighted by atomic mass is 10.0. The molecular weight excluding hydrogens is 253 g/mol. The third-order valence-electron chi connectivity index (χ3n) is 4.21. The monoisotopic (exact) mass is 279 g/mol. The summed E-state index contributed by atoms with van der Waals surface area (Å²) in [7, 11) is 4.17. The van der Waals surface area contributed by atoms with Crippen LogP contribution in [0.25, 0.3) is 0 Å². The standard InChI is InChI=1S/C16H26FN3/c1-4-18-12-13-5-6-15(17)16(11-13)20(3)14-7-9-19(2)10-8-14/h5-6,11,14,18H,4,7-10,12H2,1-3H3. The maximum atomic E-state index is 14.1. The van der Waals surface area contributed by atoms with Gasteiger partial charge >= 0.3 is 0 Å². The number of hydrogen-bond donors (Lipinski definition) is 1. The van der Waals surface area contributed by atoms with E-state index >= 15 is 0 Å². The molecule has 1 saturated heterocycles. The third-order valence-corrected chi connectivity index (χ3v) is 4.21. The van der Waals surface area contributed by atoms with E-state index in [1.165, 1.54) is 0 Å². The first-order chi connectivity index (χ1) is 9.61. The number of anilines is 1. The molecule has 0 saturated carbocycles. The van der Waals surface area contributed by atoms with Crippen LogP contribution >= 0.6 is 0 Å². The van der Waals surface area contributed by atoms with Gasteiger partial charge in [-0.3, -0.25) is 0 Å². The van der Waals surface area contributed by atoms with Crippen molar-refractivity contribution in [2.45, 2.75) is 32.4 Å². The first-order valence-corrected chi connectivity index (χ1v) is 7.52. The fraction of sp³-hybridized carbons (Fsp3) is 0.625. The normalized spacial score (nSPS) is 17.4. The van der Waals surface area contributed by atoms with Crippen molar-refractivity contribution in [1.82, 2.24) is 10.2 Å². The molecule has 1 N–H and O–H groups in total. The average Bonchev–Trinajstić information content (AvgIpc) is 2.46. The molecule has 1 heterocycles. The second kappa shape index (κ2) is 7.04. The van der Waals surface area contributed by atoms with Crippen LogP contribution in [-0.4, -0.2) is 44.7 Å². The van der Waals surface area contributed by atoms with Crippen LogP contribution in [0.1, 0.15) is 25.3 Å². The highest BCUT2D eigenvalue weighted by molar-refractivity contribution is 5.50. The summed E-state index contributed by atoms with van der Waals surface area (Å²) in [5, 5.41) is 3.29. The molecule has 1 fully saturated rings. The molecule has 0 atom stereocenters. The molecule has 0 aromatic heterocycles. The summed E-state index contributed by atoms with van der Waals surface area (Å²) in [6.07, 6.45) is 2.20.